The molecule has 9 nitrogen and oxygen atoms in total. The summed E-state index contributed by atoms with van der Waals surface area (Å²) in [6, 6.07) is 10.1. The van der Waals surface area contributed by atoms with Crippen molar-refractivity contribution in [2.75, 3.05) is 32.8 Å². The summed E-state index contributed by atoms with van der Waals surface area (Å²) in [7, 11) is 5.29. The molecule has 0 aromatic heterocycles. The normalized spacial score (nSPS) is 17.9. The van der Waals surface area contributed by atoms with E-state index in [4.69, 9.17) is 4.28 Å². The molecule has 0 spiro atoms. The SMILES string of the molecule is C[C@H]1CCC(C(=O)CNC(=O)c2cc(C(=O)N[C@H](C)c3ccc(F)cc3)cc(N(C)OSN(C)C)c2)N1. The smallest absolute Gasteiger partial charge is 0.251 e. The van der Waals surface area contributed by atoms with Gasteiger partial charge in [-0.05, 0) is 76.7 Å². The second kappa shape index (κ2) is 13.0. The quantitative estimate of drug-likeness (QED) is 0.231. The molecule has 3 N–H and O–H groups in total. The molecule has 2 amide bonds. The highest BCUT2D eigenvalue weighted by Crippen LogP contribution is 2.23. The maximum Gasteiger partial charge on any atom is 0.251 e. The Kier molecular flexibility index (Phi) is 10.0. The fourth-order valence-corrected chi connectivity index (χ4v) is 4.22. The maximum absolute atomic E-state index is 13.3. The molecule has 37 heavy (non-hydrogen) atoms. The van der Waals surface area contributed by atoms with Gasteiger partial charge in [-0.1, -0.05) is 12.1 Å². The van der Waals surface area contributed by atoms with Crippen molar-refractivity contribution >= 4 is 35.5 Å². The first-order chi connectivity index (χ1) is 17.5. The lowest BCUT2D eigenvalue weighted by atomic mass is 10.1. The highest BCUT2D eigenvalue weighted by molar-refractivity contribution is 7.92. The zero-order chi connectivity index (χ0) is 27.1. The van der Waals surface area contributed by atoms with Crippen LogP contribution in [-0.2, 0) is 9.08 Å². The van der Waals surface area contributed by atoms with Gasteiger partial charge in [0.15, 0.2) is 5.78 Å². The molecule has 1 saturated heterocycles. The zero-order valence-electron chi connectivity index (χ0n) is 21.7. The van der Waals surface area contributed by atoms with Crippen LogP contribution in [-0.4, -0.2) is 61.7 Å². The average Bonchev–Trinajstić information content (AvgIpc) is 3.31. The zero-order valence-corrected chi connectivity index (χ0v) is 22.5. The Hall–Kier alpha value is -2.99. The van der Waals surface area contributed by atoms with E-state index in [2.05, 4.69) is 16.0 Å². The molecule has 0 saturated carbocycles. The van der Waals surface area contributed by atoms with Gasteiger partial charge >= 0.3 is 0 Å². The van der Waals surface area contributed by atoms with Crippen molar-refractivity contribution in [3.05, 3.63) is 65.0 Å². The van der Waals surface area contributed by atoms with Gasteiger partial charge in [-0.2, -0.15) is 4.28 Å². The largest absolute Gasteiger partial charge is 0.346 e. The fourth-order valence-electron chi connectivity index (χ4n) is 3.90. The van der Waals surface area contributed by atoms with Crippen LogP contribution in [0.2, 0.25) is 0 Å². The molecular weight excluding hydrogens is 497 g/mol. The summed E-state index contributed by atoms with van der Waals surface area (Å²) in [5.74, 6) is -1.33. The number of nitrogens with one attached hydrogen (secondary N) is 3. The van der Waals surface area contributed by atoms with Crippen LogP contribution < -0.4 is 21.0 Å². The van der Waals surface area contributed by atoms with Crippen LogP contribution in [0.4, 0.5) is 10.1 Å². The maximum atomic E-state index is 13.3. The van der Waals surface area contributed by atoms with Crippen molar-refractivity contribution in [3.8, 4) is 0 Å². The summed E-state index contributed by atoms with van der Waals surface area (Å²) < 4.78 is 20.6. The number of amides is 2. The summed E-state index contributed by atoms with van der Waals surface area (Å²) >= 11 is 1.08. The molecule has 2 aromatic rings. The van der Waals surface area contributed by atoms with Crippen LogP contribution in [0, 0.1) is 5.82 Å². The minimum Gasteiger partial charge on any atom is -0.346 e. The summed E-state index contributed by atoms with van der Waals surface area (Å²) in [6.07, 6.45) is 1.66. The Labute approximate surface area is 221 Å². The molecular formula is C26H34FN5O4S. The van der Waals surface area contributed by atoms with Crippen LogP contribution in [0.3, 0.4) is 0 Å². The summed E-state index contributed by atoms with van der Waals surface area (Å²) in [4.78, 5) is 38.6. The monoisotopic (exact) mass is 531 g/mol. The predicted molar refractivity (Wildman–Crippen MR) is 142 cm³/mol. The van der Waals surface area contributed by atoms with E-state index in [1.165, 1.54) is 23.3 Å². The van der Waals surface area contributed by atoms with Crippen LogP contribution in [0.5, 0.6) is 0 Å². The molecule has 1 aliphatic rings. The van der Waals surface area contributed by atoms with Gasteiger partial charge in [0.25, 0.3) is 11.8 Å². The van der Waals surface area contributed by atoms with Gasteiger partial charge in [-0.3, -0.25) is 14.4 Å². The van der Waals surface area contributed by atoms with Crippen molar-refractivity contribution < 1.29 is 23.1 Å². The summed E-state index contributed by atoms with van der Waals surface area (Å²) in [5.41, 5.74) is 1.65. The number of nitrogens with zero attached hydrogens (tertiary/aromatic N) is 2. The van der Waals surface area contributed by atoms with Gasteiger partial charge in [0.2, 0.25) is 0 Å². The van der Waals surface area contributed by atoms with Crippen LogP contribution >= 0.6 is 12.2 Å². The van der Waals surface area contributed by atoms with Crippen molar-refractivity contribution in [3.63, 3.8) is 0 Å². The van der Waals surface area contributed by atoms with Gasteiger partial charge in [0.1, 0.15) is 18.0 Å². The first kappa shape index (κ1) is 28.6. The van der Waals surface area contributed by atoms with Gasteiger partial charge < -0.3 is 16.0 Å². The predicted octanol–water partition coefficient (Wildman–Crippen LogP) is 3.25. The summed E-state index contributed by atoms with van der Waals surface area (Å²) in [6.45, 7) is 3.70. The molecule has 200 valence electrons. The number of ketones is 1. The van der Waals surface area contributed by atoms with Gasteiger partial charge in [0.05, 0.1) is 24.3 Å². The first-order valence-corrected chi connectivity index (χ1v) is 12.8. The second-order valence-corrected chi connectivity index (χ2v) is 10.3. The van der Waals surface area contributed by atoms with E-state index in [-0.39, 0.29) is 41.4 Å². The molecule has 3 atom stereocenters. The van der Waals surface area contributed by atoms with Crippen molar-refractivity contribution in [1.29, 1.82) is 0 Å². The van der Waals surface area contributed by atoms with Crippen molar-refractivity contribution in [2.45, 2.75) is 44.8 Å². The van der Waals surface area contributed by atoms with Crippen LogP contribution in [0.1, 0.15) is 59.0 Å². The molecule has 0 radical (unpaired) electrons. The van der Waals surface area contributed by atoms with E-state index < -0.39 is 17.9 Å². The van der Waals surface area contributed by atoms with E-state index >= 15 is 0 Å². The number of hydroxylamine groups is 1. The third-order valence-corrected chi connectivity index (χ3v) is 6.59. The average molecular weight is 532 g/mol. The van der Waals surface area contributed by atoms with E-state index in [1.54, 1.807) is 42.5 Å². The van der Waals surface area contributed by atoms with Gasteiger partial charge in [-0.15, -0.1) is 0 Å². The molecule has 0 bridgehead atoms. The number of halogens is 1. The number of benzene rings is 2. The van der Waals surface area contributed by atoms with E-state index in [9.17, 15) is 18.8 Å². The standard InChI is InChI=1S/C26H34FN5O4S/c1-16-6-11-23(29-16)24(33)15-28-25(34)19-12-20(14-22(13-19)32(5)36-37-31(3)4)26(35)30-17(2)18-7-9-21(27)10-8-18/h7-10,12-14,16-17,23,29H,6,11,15H2,1-5H3,(H,28,34)(H,30,35)/t16-,17+,23?/m0/s1. The van der Waals surface area contributed by atoms with Crippen molar-refractivity contribution in [2.24, 2.45) is 0 Å². The minimum atomic E-state index is -0.476. The Morgan fingerprint density at radius 2 is 1.73 bits per heavy atom. The molecule has 1 unspecified atom stereocenters. The molecule has 3 rings (SSSR count). The number of hydrogen-bond acceptors (Lipinski definition) is 8. The first-order valence-electron chi connectivity index (χ1n) is 12.1. The third-order valence-electron chi connectivity index (χ3n) is 6.00. The number of carbonyl (C=O) groups is 3. The lowest BCUT2D eigenvalue weighted by Gasteiger charge is -2.21. The highest BCUT2D eigenvalue weighted by Gasteiger charge is 2.26. The van der Waals surface area contributed by atoms with Crippen LogP contribution in [0.25, 0.3) is 0 Å². The third kappa shape index (κ3) is 8.26. The lowest BCUT2D eigenvalue weighted by Crippen LogP contribution is -2.41. The topological polar surface area (TPSA) is 103 Å². The van der Waals surface area contributed by atoms with Gasteiger partial charge in [-0.25, -0.2) is 13.8 Å². The molecule has 0 aliphatic carbocycles. The number of hydrogen-bond donors (Lipinski definition) is 3. The number of anilines is 1. The highest BCUT2D eigenvalue weighted by atomic mass is 32.2. The summed E-state index contributed by atoms with van der Waals surface area (Å²) in [5, 5.41) is 10.2. The molecule has 1 fully saturated rings. The number of Topliss-reactive ketones (excluding diaryl/α,β-unsaturated/α-hetero) is 1. The van der Waals surface area contributed by atoms with E-state index in [1.807, 2.05) is 21.0 Å². The lowest BCUT2D eigenvalue weighted by molar-refractivity contribution is -0.119. The molecule has 1 heterocycles. The molecule has 11 heteroatoms. The van der Waals surface area contributed by atoms with Gasteiger partial charge in [0, 0.05) is 24.2 Å². The number of carbonyl (C=O) groups excluding carboxylic acids is 3. The van der Waals surface area contributed by atoms with E-state index in [0.717, 1.165) is 30.6 Å². The Balaban J connectivity index is 1.77. The second-order valence-electron chi connectivity index (χ2n) is 9.32. The molecule has 2 aromatic carbocycles. The van der Waals surface area contributed by atoms with Crippen molar-refractivity contribution in [1.82, 2.24) is 20.3 Å². The molecule has 1 aliphatic heterocycles. The Morgan fingerprint density at radius 1 is 1.08 bits per heavy atom. The Morgan fingerprint density at radius 3 is 2.32 bits per heavy atom. The van der Waals surface area contributed by atoms with Crippen LogP contribution in [0.15, 0.2) is 42.5 Å². The number of rotatable bonds is 11. The Bertz CT molecular complexity index is 1110. The fraction of sp³-hybridized carbons (Fsp3) is 0.423. The minimum absolute atomic E-state index is 0.0808. The van der Waals surface area contributed by atoms with E-state index in [0.29, 0.717) is 5.69 Å².